The molecule has 0 aliphatic heterocycles. The van der Waals surface area contributed by atoms with E-state index in [4.69, 9.17) is 33.1 Å². The normalized spacial score (nSPS) is 14.3. The lowest BCUT2D eigenvalue weighted by molar-refractivity contribution is -0.142. The number of hydrogen-bond donors (Lipinski definition) is 6. The highest BCUT2D eigenvalue weighted by Gasteiger charge is 2.16. The van der Waals surface area contributed by atoms with Crippen LogP contribution >= 0.6 is 43.2 Å². The molecule has 10 N–H and O–H groups in total. The Morgan fingerprint density at radius 1 is 0.633 bits per heavy atom. The summed E-state index contributed by atoms with van der Waals surface area (Å²) >= 11 is 0. The predicted molar refractivity (Wildman–Crippen MR) is 121 cm³/mol. The molecule has 0 saturated heterocycles. The number of carbonyl (C=O) groups excluding carboxylic acids is 2. The first-order valence-corrected chi connectivity index (χ1v) is 13.1. The molecule has 0 aliphatic carbocycles. The van der Waals surface area contributed by atoms with Crippen molar-refractivity contribution in [2.75, 3.05) is 37.2 Å². The van der Waals surface area contributed by atoms with Crippen LogP contribution in [0.25, 0.3) is 0 Å². The second-order valence-electron chi connectivity index (χ2n) is 5.29. The molecular formula is C14H28N4O8S4. The largest absolute Gasteiger partial charge is 0.480 e. The number of carbonyl (C=O) groups is 4. The van der Waals surface area contributed by atoms with Crippen molar-refractivity contribution in [3.8, 4) is 0 Å². The highest BCUT2D eigenvalue weighted by molar-refractivity contribution is 8.77. The van der Waals surface area contributed by atoms with E-state index in [1.165, 1.54) is 57.4 Å². The molecule has 176 valence electrons. The second kappa shape index (κ2) is 18.9. The summed E-state index contributed by atoms with van der Waals surface area (Å²) < 4.78 is 8.92. The zero-order chi connectivity index (χ0) is 23.7. The predicted octanol–water partition coefficient (Wildman–Crippen LogP) is -1.44. The Morgan fingerprint density at radius 2 is 0.867 bits per heavy atom. The number of methoxy groups -OCH3 is 2. The lowest BCUT2D eigenvalue weighted by Gasteiger charge is -2.10. The average Bonchev–Trinajstić information content (AvgIpc) is 2.72. The van der Waals surface area contributed by atoms with Crippen molar-refractivity contribution in [2.45, 2.75) is 24.2 Å². The van der Waals surface area contributed by atoms with Gasteiger partial charge in [0.05, 0.1) is 14.2 Å². The number of hydrogen-bond acceptors (Lipinski definition) is 14. The van der Waals surface area contributed by atoms with Crippen molar-refractivity contribution < 1.29 is 38.9 Å². The number of carboxylic acids is 2. The third-order valence-corrected chi connectivity index (χ3v) is 7.75. The Hall–Kier alpha value is -0.880. The molecular weight excluding hydrogens is 480 g/mol. The smallest absolute Gasteiger partial charge is 0.323 e. The van der Waals surface area contributed by atoms with E-state index in [2.05, 4.69) is 9.47 Å². The molecule has 16 heteroatoms. The van der Waals surface area contributed by atoms with E-state index in [9.17, 15) is 19.2 Å². The summed E-state index contributed by atoms with van der Waals surface area (Å²) in [6, 6.07) is -3.16. The van der Waals surface area contributed by atoms with Crippen LogP contribution < -0.4 is 22.9 Å². The molecule has 12 nitrogen and oxygen atoms in total. The van der Waals surface area contributed by atoms with Crippen LogP contribution in [0.15, 0.2) is 0 Å². The summed E-state index contributed by atoms with van der Waals surface area (Å²) in [6.07, 6.45) is 0. The number of aliphatic carboxylic acids is 2. The van der Waals surface area contributed by atoms with E-state index in [1.807, 2.05) is 0 Å². The topological polar surface area (TPSA) is 231 Å². The number of rotatable bonds is 14. The number of nitrogens with two attached hydrogens (primary N) is 4. The van der Waals surface area contributed by atoms with Crippen molar-refractivity contribution >= 4 is 67.1 Å². The van der Waals surface area contributed by atoms with Gasteiger partial charge in [0.1, 0.15) is 24.2 Å². The van der Waals surface area contributed by atoms with Gasteiger partial charge in [-0.2, -0.15) is 0 Å². The molecule has 4 atom stereocenters. The molecule has 0 spiro atoms. The van der Waals surface area contributed by atoms with E-state index in [1.54, 1.807) is 0 Å². The van der Waals surface area contributed by atoms with Gasteiger partial charge in [-0.05, 0) is 0 Å². The van der Waals surface area contributed by atoms with E-state index < -0.39 is 48.0 Å². The monoisotopic (exact) mass is 508 g/mol. The molecule has 0 rings (SSSR count). The van der Waals surface area contributed by atoms with E-state index in [-0.39, 0.29) is 11.5 Å². The van der Waals surface area contributed by atoms with Gasteiger partial charge in [-0.25, -0.2) is 0 Å². The first-order valence-electron chi connectivity index (χ1n) is 8.10. The zero-order valence-electron chi connectivity index (χ0n) is 16.4. The minimum Gasteiger partial charge on any atom is -0.480 e. The Kier molecular flexibility index (Phi) is 19.7. The molecule has 0 unspecified atom stereocenters. The molecule has 0 aliphatic rings. The van der Waals surface area contributed by atoms with Gasteiger partial charge >= 0.3 is 23.9 Å². The van der Waals surface area contributed by atoms with Gasteiger partial charge < -0.3 is 42.6 Å². The van der Waals surface area contributed by atoms with Crippen LogP contribution in [0.3, 0.4) is 0 Å². The second-order valence-corrected chi connectivity index (χ2v) is 10.4. The van der Waals surface area contributed by atoms with Gasteiger partial charge in [0.2, 0.25) is 0 Å². The molecule has 0 amide bonds. The van der Waals surface area contributed by atoms with Gasteiger partial charge in [-0.1, -0.05) is 43.2 Å². The van der Waals surface area contributed by atoms with Crippen molar-refractivity contribution in [3.63, 3.8) is 0 Å². The lowest BCUT2D eigenvalue weighted by Crippen LogP contribution is -2.34. The third-order valence-electron chi connectivity index (χ3n) is 2.80. The van der Waals surface area contributed by atoms with E-state index in [0.29, 0.717) is 11.5 Å². The Labute approximate surface area is 190 Å². The van der Waals surface area contributed by atoms with Crippen molar-refractivity contribution in [1.29, 1.82) is 0 Å². The van der Waals surface area contributed by atoms with Crippen molar-refractivity contribution in [1.82, 2.24) is 0 Å². The lowest BCUT2D eigenvalue weighted by atomic mass is 10.4. The average molecular weight is 509 g/mol. The molecule has 0 aromatic rings. The molecule has 30 heavy (non-hydrogen) atoms. The summed E-state index contributed by atoms with van der Waals surface area (Å²) in [6.45, 7) is 0. The zero-order valence-corrected chi connectivity index (χ0v) is 19.7. The van der Waals surface area contributed by atoms with Gasteiger partial charge in [0.15, 0.2) is 0 Å². The van der Waals surface area contributed by atoms with Crippen LogP contribution in [0.1, 0.15) is 0 Å². The summed E-state index contributed by atoms with van der Waals surface area (Å²) in [5, 5.41) is 16.8. The molecule has 0 saturated carbocycles. The fourth-order valence-electron chi connectivity index (χ4n) is 1.07. The summed E-state index contributed by atoms with van der Waals surface area (Å²) in [5.41, 5.74) is 21.4. The molecule has 0 bridgehead atoms. The van der Waals surface area contributed by atoms with E-state index >= 15 is 0 Å². The maximum atomic E-state index is 10.9. The van der Waals surface area contributed by atoms with Crippen LogP contribution in [0.4, 0.5) is 0 Å². The Morgan fingerprint density at radius 3 is 1.07 bits per heavy atom. The third kappa shape index (κ3) is 16.9. The van der Waals surface area contributed by atoms with Crippen LogP contribution in [0, 0.1) is 0 Å². The maximum Gasteiger partial charge on any atom is 0.323 e. The summed E-state index contributed by atoms with van der Waals surface area (Å²) in [4.78, 5) is 42.4. The van der Waals surface area contributed by atoms with Crippen molar-refractivity contribution in [3.05, 3.63) is 0 Å². The minimum absolute atomic E-state index is 0.229. The highest BCUT2D eigenvalue weighted by Crippen LogP contribution is 2.23. The van der Waals surface area contributed by atoms with Gasteiger partial charge in [0.25, 0.3) is 0 Å². The molecule has 0 aromatic carbocycles. The standard InChI is InChI=1S/C8H16N2O4S2.C6H12N2O4S2/c1-13-7(11)5(9)3-15-16-4-6(10)8(12)14-2;7-3(5(9)10)1-13-14-2-4(8)6(11)12/h5-6H,3-4,9-10H2,1-2H3;3-4H,1-2,7-8H2,(H,9,10)(H,11,12)/t5-,6-;3-,4-/m01/s1. The SMILES string of the molecule is COC(=O)[C@@H](N)CSSC[C@H](N)C(=O)OC.N[C@H](CSSC[C@@H](N)C(=O)O)C(=O)O. The van der Waals surface area contributed by atoms with Crippen LogP contribution in [-0.4, -0.2) is 95.5 Å². The van der Waals surface area contributed by atoms with E-state index in [0.717, 1.165) is 0 Å². The fourth-order valence-corrected chi connectivity index (χ4v) is 5.51. The highest BCUT2D eigenvalue weighted by atomic mass is 33.1. The first-order chi connectivity index (χ1) is 14.0. The van der Waals surface area contributed by atoms with Crippen LogP contribution in [-0.2, 0) is 28.7 Å². The van der Waals surface area contributed by atoms with Crippen LogP contribution in [0.5, 0.6) is 0 Å². The van der Waals surface area contributed by atoms with Crippen molar-refractivity contribution in [2.24, 2.45) is 22.9 Å². The molecule has 0 fully saturated rings. The first kappa shape index (κ1) is 31.3. The molecule has 0 aromatic heterocycles. The summed E-state index contributed by atoms with van der Waals surface area (Å²) in [5.74, 6) is -1.77. The van der Waals surface area contributed by atoms with Gasteiger partial charge in [-0.15, -0.1) is 0 Å². The quantitative estimate of drug-likeness (QED) is 0.0895. The molecule has 0 heterocycles. The fraction of sp³-hybridized carbons (Fsp3) is 0.714. The van der Waals surface area contributed by atoms with Gasteiger partial charge in [-0.3, -0.25) is 19.2 Å². The van der Waals surface area contributed by atoms with Gasteiger partial charge in [0, 0.05) is 23.0 Å². The summed E-state index contributed by atoms with van der Waals surface area (Å²) in [7, 11) is 7.70. The maximum absolute atomic E-state index is 10.9. The molecule has 0 radical (unpaired) electrons. The minimum atomic E-state index is -1.07. The van der Waals surface area contributed by atoms with Crippen LogP contribution in [0.2, 0.25) is 0 Å². The number of ether oxygens (including phenoxy) is 2. The number of carboxylic acid groups (broad SMARTS) is 2. The Bertz CT molecular complexity index is 500. The number of esters is 2. The Balaban J connectivity index is 0.